The lowest BCUT2D eigenvalue weighted by Gasteiger charge is -2.65. The van der Waals surface area contributed by atoms with Gasteiger partial charge in [0.05, 0.1) is 12.7 Å². The third kappa shape index (κ3) is 3.45. The average molecular weight is 471 g/mol. The number of carbonyl (C=O) groups is 2. The van der Waals surface area contributed by atoms with Crippen LogP contribution in [0.1, 0.15) is 93.4 Å². The van der Waals surface area contributed by atoms with E-state index in [1.165, 1.54) is 0 Å². The molecule has 1 unspecified atom stereocenters. The molecule has 0 heterocycles. The molecule has 9 atom stereocenters. The van der Waals surface area contributed by atoms with Crippen LogP contribution in [0, 0.1) is 45.3 Å². The number of fused-ring (bicyclic) bond motifs is 5. The normalized spacial score (nSPS) is 46.6. The van der Waals surface area contributed by atoms with Crippen LogP contribution < -0.4 is 0 Å². The first-order valence-corrected chi connectivity index (χ1v) is 13.5. The van der Waals surface area contributed by atoms with Gasteiger partial charge in [0.15, 0.2) is 11.6 Å². The van der Waals surface area contributed by atoms with Gasteiger partial charge in [0, 0.05) is 17.8 Å². The predicted molar refractivity (Wildman–Crippen MR) is 135 cm³/mol. The molecule has 0 spiro atoms. The van der Waals surface area contributed by atoms with E-state index in [0.29, 0.717) is 24.7 Å². The Hall–Kier alpha value is -1.26. The number of hydrogen-bond acceptors (Lipinski definition) is 4. The van der Waals surface area contributed by atoms with Crippen molar-refractivity contribution in [3.63, 3.8) is 0 Å². The van der Waals surface area contributed by atoms with Crippen LogP contribution in [-0.4, -0.2) is 34.5 Å². The van der Waals surface area contributed by atoms with Gasteiger partial charge in [-0.25, -0.2) is 0 Å². The van der Waals surface area contributed by atoms with Crippen molar-refractivity contribution in [3.05, 3.63) is 23.3 Å². The number of hydrogen-bond donors (Lipinski definition) is 2. The molecule has 0 bridgehead atoms. The highest BCUT2D eigenvalue weighted by Crippen LogP contribution is 2.74. The lowest BCUT2D eigenvalue weighted by Crippen LogP contribution is -2.62. The largest absolute Gasteiger partial charge is 0.395 e. The molecule has 4 heteroatoms. The Bertz CT molecular complexity index is 928. The van der Waals surface area contributed by atoms with E-state index in [0.717, 1.165) is 43.3 Å². The number of rotatable bonds is 5. The van der Waals surface area contributed by atoms with Gasteiger partial charge in [-0.05, 0) is 98.5 Å². The predicted octanol–water partition coefficient (Wildman–Crippen LogP) is 5.67. The van der Waals surface area contributed by atoms with Gasteiger partial charge in [0.25, 0.3) is 0 Å². The van der Waals surface area contributed by atoms with Gasteiger partial charge < -0.3 is 10.2 Å². The number of aliphatic hydroxyl groups excluding tert-OH is 2. The van der Waals surface area contributed by atoms with E-state index in [1.54, 1.807) is 6.08 Å². The van der Waals surface area contributed by atoms with Crippen LogP contribution >= 0.6 is 0 Å². The maximum Gasteiger partial charge on any atom is 0.159 e. The van der Waals surface area contributed by atoms with Crippen molar-refractivity contribution < 1.29 is 19.8 Å². The monoisotopic (exact) mass is 470 g/mol. The van der Waals surface area contributed by atoms with Gasteiger partial charge in [0.2, 0.25) is 0 Å². The zero-order chi connectivity index (χ0) is 25.3. The van der Waals surface area contributed by atoms with Crippen LogP contribution in [0.2, 0.25) is 0 Å². The van der Waals surface area contributed by atoms with E-state index in [9.17, 15) is 19.8 Å². The van der Waals surface area contributed by atoms with Gasteiger partial charge in [-0.2, -0.15) is 0 Å². The van der Waals surface area contributed by atoms with Gasteiger partial charge in [-0.15, -0.1) is 0 Å². The SMILES string of the molecule is CC(C)=CC(=O)C[C@@H](C)[C@H]1CC[C@@]2(C)[C@@H]3C(=O)C=C4[C@@H](CC[C@H](O)C4(C)CO)[C@]3(C)CC[C@]12C. The molecule has 190 valence electrons. The molecule has 0 amide bonds. The Balaban J connectivity index is 1.70. The highest BCUT2D eigenvalue weighted by atomic mass is 16.3. The zero-order valence-corrected chi connectivity index (χ0v) is 22.4. The van der Waals surface area contributed by atoms with Crippen molar-refractivity contribution in [2.24, 2.45) is 45.3 Å². The van der Waals surface area contributed by atoms with Gasteiger partial charge in [-0.1, -0.05) is 45.8 Å². The third-order valence-electron chi connectivity index (χ3n) is 11.4. The summed E-state index contributed by atoms with van der Waals surface area (Å²) in [6.07, 6.45) is 9.30. The van der Waals surface area contributed by atoms with Crippen LogP contribution in [0.4, 0.5) is 0 Å². The Labute approximate surface area is 206 Å². The Morgan fingerprint density at radius 3 is 2.38 bits per heavy atom. The van der Waals surface area contributed by atoms with Gasteiger partial charge >= 0.3 is 0 Å². The molecule has 3 fully saturated rings. The van der Waals surface area contributed by atoms with Gasteiger partial charge in [0.1, 0.15) is 0 Å². The van der Waals surface area contributed by atoms with E-state index < -0.39 is 11.5 Å². The lowest BCUT2D eigenvalue weighted by atomic mass is 9.38. The summed E-state index contributed by atoms with van der Waals surface area (Å²) in [7, 11) is 0. The molecule has 34 heavy (non-hydrogen) atoms. The second kappa shape index (κ2) is 8.40. The Kier molecular flexibility index (Phi) is 6.38. The second-order valence-electron chi connectivity index (χ2n) is 13.5. The maximum absolute atomic E-state index is 14.0. The molecule has 4 aliphatic rings. The van der Waals surface area contributed by atoms with Crippen LogP contribution in [0.15, 0.2) is 23.3 Å². The van der Waals surface area contributed by atoms with Crippen molar-refractivity contribution in [2.45, 2.75) is 99.5 Å². The standard InChI is InChI=1S/C30H46O4/c1-18(2)14-20(32)15-19(3)21-10-11-30(7)26-24(33)16-23-22(8-9-25(34)28(23,5)17-31)27(26,4)12-13-29(21,30)6/h14,16,19,21-22,25-26,31,34H,8-13,15,17H2,1-7H3/t19-,21-,22-,25+,26-,27+,28?,29-,30+/m1/s1. The first-order valence-electron chi connectivity index (χ1n) is 13.5. The smallest absolute Gasteiger partial charge is 0.159 e. The molecule has 2 N–H and O–H groups in total. The first-order chi connectivity index (χ1) is 15.7. The van der Waals surface area contributed by atoms with Crippen molar-refractivity contribution in [1.82, 2.24) is 0 Å². The summed E-state index contributed by atoms with van der Waals surface area (Å²) in [6.45, 7) is 15.1. The topological polar surface area (TPSA) is 74.6 Å². The summed E-state index contributed by atoms with van der Waals surface area (Å²) >= 11 is 0. The molecule has 0 radical (unpaired) electrons. The van der Waals surface area contributed by atoms with Crippen molar-refractivity contribution in [1.29, 1.82) is 0 Å². The summed E-state index contributed by atoms with van der Waals surface area (Å²) in [4.78, 5) is 26.6. The molecule has 0 aromatic rings. The highest BCUT2D eigenvalue weighted by Gasteiger charge is 2.69. The minimum absolute atomic E-state index is 0.0251. The molecule has 0 saturated heterocycles. The van der Waals surface area contributed by atoms with E-state index in [2.05, 4.69) is 27.7 Å². The average Bonchev–Trinajstić information content (AvgIpc) is 3.01. The van der Waals surface area contributed by atoms with Crippen LogP contribution in [-0.2, 0) is 9.59 Å². The number of carbonyl (C=O) groups excluding carboxylic acids is 2. The maximum atomic E-state index is 14.0. The minimum atomic E-state index is -0.730. The zero-order valence-electron chi connectivity index (χ0n) is 22.4. The number of aliphatic hydroxyl groups is 2. The summed E-state index contributed by atoms with van der Waals surface area (Å²) in [6, 6.07) is 0. The Morgan fingerprint density at radius 2 is 1.76 bits per heavy atom. The van der Waals surface area contributed by atoms with E-state index in [4.69, 9.17) is 0 Å². The van der Waals surface area contributed by atoms with Gasteiger partial charge in [-0.3, -0.25) is 9.59 Å². The Morgan fingerprint density at radius 1 is 1.09 bits per heavy atom. The number of allylic oxidation sites excluding steroid dienone is 3. The molecular weight excluding hydrogens is 424 g/mol. The van der Waals surface area contributed by atoms with Crippen molar-refractivity contribution in [3.8, 4) is 0 Å². The van der Waals surface area contributed by atoms with E-state index in [-0.39, 0.29) is 46.3 Å². The fourth-order valence-electron chi connectivity index (χ4n) is 9.37. The molecule has 4 aliphatic carbocycles. The quantitative estimate of drug-likeness (QED) is 0.508. The molecule has 4 rings (SSSR count). The molecule has 4 nitrogen and oxygen atoms in total. The molecule has 0 aliphatic heterocycles. The lowest BCUT2D eigenvalue weighted by molar-refractivity contribution is -0.166. The van der Waals surface area contributed by atoms with Crippen molar-refractivity contribution in [2.75, 3.05) is 6.61 Å². The van der Waals surface area contributed by atoms with Crippen LogP contribution in [0.5, 0.6) is 0 Å². The van der Waals surface area contributed by atoms with Crippen molar-refractivity contribution >= 4 is 11.6 Å². The second-order valence-corrected chi connectivity index (χ2v) is 13.5. The minimum Gasteiger partial charge on any atom is -0.395 e. The number of ketones is 2. The summed E-state index contributed by atoms with van der Waals surface area (Å²) in [5, 5.41) is 21.0. The summed E-state index contributed by atoms with van der Waals surface area (Å²) in [5.41, 5.74) is 1.07. The molecule has 0 aromatic heterocycles. The third-order valence-corrected chi connectivity index (χ3v) is 11.4. The first kappa shape index (κ1) is 25.8. The summed E-state index contributed by atoms with van der Waals surface area (Å²) in [5.74, 6) is 1.34. The van der Waals surface area contributed by atoms with Crippen LogP contribution in [0.25, 0.3) is 0 Å². The fraction of sp³-hybridized carbons (Fsp3) is 0.800. The molecule has 3 saturated carbocycles. The van der Waals surface area contributed by atoms with E-state index in [1.807, 2.05) is 26.8 Å². The fourth-order valence-corrected chi connectivity index (χ4v) is 9.37. The van der Waals surface area contributed by atoms with Crippen LogP contribution in [0.3, 0.4) is 0 Å². The molecular formula is C30H46O4. The summed E-state index contributed by atoms with van der Waals surface area (Å²) < 4.78 is 0. The van der Waals surface area contributed by atoms with E-state index >= 15 is 0 Å². The highest BCUT2D eigenvalue weighted by molar-refractivity contribution is 5.95. The molecule has 0 aromatic carbocycles.